The second-order valence-corrected chi connectivity index (χ2v) is 10.7. The van der Waals surface area contributed by atoms with Gasteiger partial charge in [-0.15, -0.1) is 0 Å². The molecule has 1 aromatic heterocycles. The van der Waals surface area contributed by atoms with Crippen LogP contribution >= 0.6 is 0 Å². The van der Waals surface area contributed by atoms with Gasteiger partial charge in [-0.05, 0) is 50.3 Å². The first-order valence-electron chi connectivity index (χ1n) is 15.0. The lowest BCUT2D eigenvalue weighted by Gasteiger charge is -2.39. The molecule has 0 atom stereocenters. The lowest BCUT2D eigenvalue weighted by Crippen LogP contribution is -2.47. The van der Waals surface area contributed by atoms with Gasteiger partial charge >= 0.3 is 0 Å². The number of amides is 1. The summed E-state index contributed by atoms with van der Waals surface area (Å²) in [6, 6.07) is 10.8. The number of anilines is 3. The van der Waals surface area contributed by atoms with E-state index < -0.39 is 0 Å². The molecule has 2 aromatic rings. The number of rotatable bonds is 16. The molecule has 4 N–H and O–H groups in total. The molecular formula is C30H47N7O4. The molecule has 226 valence electrons. The molecule has 0 spiro atoms. The Morgan fingerprint density at radius 1 is 0.927 bits per heavy atom. The van der Waals surface area contributed by atoms with Crippen molar-refractivity contribution >= 4 is 23.4 Å². The fraction of sp³-hybridized carbons (Fsp3) is 0.633. The van der Waals surface area contributed by atoms with E-state index in [2.05, 4.69) is 48.9 Å². The number of nitrogens with two attached hydrogens (primary N) is 2. The average molecular weight is 570 g/mol. The number of nitrogen functional groups attached to an aromatic ring is 1. The van der Waals surface area contributed by atoms with Crippen LogP contribution in [0.3, 0.4) is 0 Å². The Balaban J connectivity index is 1.32. The summed E-state index contributed by atoms with van der Waals surface area (Å²) in [5.74, 6) is 1.27. The molecule has 0 radical (unpaired) electrons. The van der Waals surface area contributed by atoms with Crippen LogP contribution in [0, 0.1) is 6.92 Å². The Hall–Kier alpha value is -2.99. The summed E-state index contributed by atoms with van der Waals surface area (Å²) in [4.78, 5) is 29.0. The van der Waals surface area contributed by atoms with E-state index in [1.54, 1.807) is 0 Å². The van der Waals surface area contributed by atoms with Crippen LogP contribution in [0.4, 0.5) is 17.5 Å². The van der Waals surface area contributed by atoms with Crippen molar-refractivity contribution in [1.29, 1.82) is 0 Å². The molecule has 2 aliphatic rings. The predicted molar refractivity (Wildman–Crippen MR) is 161 cm³/mol. The number of nitrogens with zero attached hydrogens (tertiary/aromatic N) is 5. The zero-order valence-corrected chi connectivity index (χ0v) is 24.5. The normalized spacial score (nSPS) is 16.0. The highest BCUT2D eigenvalue weighted by Crippen LogP contribution is 2.26. The molecule has 11 nitrogen and oxygen atoms in total. The van der Waals surface area contributed by atoms with Crippen LogP contribution in [0.5, 0.6) is 0 Å². The fourth-order valence-corrected chi connectivity index (χ4v) is 5.52. The minimum absolute atomic E-state index is 0.119. The van der Waals surface area contributed by atoms with Crippen LogP contribution in [0.1, 0.15) is 43.4 Å². The summed E-state index contributed by atoms with van der Waals surface area (Å²) >= 11 is 0. The standard InChI is InChI=1S/C30H47N7O4/c1-24-21-28(34-30(32)33-24)36-13-7-26(8-14-36)37(23-25-5-4-6-27(22-25)35-11-2-3-12-35)29(38)9-15-39-17-19-41-20-18-40-16-10-31/h4-6,21-22,26H,2-3,7-20,23,31H2,1H3,(H2,32,33,34). The second kappa shape index (κ2) is 16.5. The van der Waals surface area contributed by atoms with Crippen molar-refractivity contribution in [1.82, 2.24) is 14.9 Å². The van der Waals surface area contributed by atoms with Crippen LogP contribution in [-0.4, -0.2) is 99.2 Å². The Morgan fingerprint density at radius 3 is 2.29 bits per heavy atom. The summed E-state index contributed by atoms with van der Waals surface area (Å²) in [6.45, 7) is 9.69. The lowest BCUT2D eigenvalue weighted by molar-refractivity contribution is -0.136. The number of ether oxygens (including phenoxy) is 3. The van der Waals surface area contributed by atoms with E-state index in [0.29, 0.717) is 65.1 Å². The van der Waals surface area contributed by atoms with Gasteiger partial charge in [0.05, 0.1) is 46.1 Å². The number of aromatic nitrogens is 2. The highest BCUT2D eigenvalue weighted by molar-refractivity contribution is 5.76. The molecule has 1 aromatic carbocycles. The molecule has 0 bridgehead atoms. The number of carbonyl (C=O) groups excluding carboxylic acids is 1. The number of carbonyl (C=O) groups is 1. The topological polar surface area (TPSA) is 132 Å². The average Bonchev–Trinajstić information content (AvgIpc) is 3.52. The molecule has 2 saturated heterocycles. The van der Waals surface area contributed by atoms with Gasteiger partial charge in [0, 0.05) is 62.8 Å². The van der Waals surface area contributed by atoms with Crippen LogP contribution < -0.4 is 21.3 Å². The maximum absolute atomic E-state index is 13.6. The van der Waals surface area contributed by atoms with Gasteiger partial charge in [0.1, 0.15) is 5.82 Å². The zero-order chi connectivity index (χ0) is 28.9. The smallest absolute Gasteiger partial charge is 0.225 e. The van der Waals surface area contributed by atoms with Crippen molar-refractivity contribution in [2.24, 2.45) is 5.73 Å². The van der Waals surface area contributed by atoms with Gasteiger partial charge in [0.25, 0.3) is 0 Å². The van der Waals surface area contributed by atoms with Crippen molar-refractivity contribution in [3.05, 3.63) is 41.6 Å². The second-order valence-electron chi connectivity index (χ2n) is 10.7. The third-order valence-electron chi connectivity index (χ3n) is 7.61. The molecule has 11 heteroatoms. The molecule has 0 unspecified atom stereocenters. The van der Waals surface area contributed by atoms with Gasteiger partial charge < -0.3 is 40.4 Å². The zero-order valence-electron chi connectivity index (χ0n) is 24.5. The monoisotopic (exact) mass is 569 g/mol. The summed E-state index contributed by atoms with van der Waals surface area (Å²) in [5, 5.41) is 0. The summed E-state index contributed by atoms with van der Waals surface area (Å²) < 4.78 is 16.5. The number of aryl methyl sites for hydroxylation is 1. The summed E-state index contributed by atoms with van der Waals surface area (Å²) in [7, 11) is 0. The highest BCUT2D eigenvalue weighted by Gasteiger charge is 2.29. The molecule has 2 aliphatic heterocycles. The van der Waals surface area contributed by atoms with Gasteiger partial charge in [0.2, 0.25) is 11.9 Å². The van der Waals surface area contributed by atoms with Gasteiger partial charge in [-0.1, -0.05) is 12.1 Å². The molecule has 1 amide bonds. The van der Waals surface area contributed by atoms with Crippen LogP contribution in [0.15, 0.2) is 30.3 Å². The Morgan fingerprint density at radius 2 is 1.61 bits per heavy atom. The third-order valence-corrected chi connectivity index (χ3v) is 7.61. The van der Waals surface area contributed by atoms with Gasteiger partial charge in [-0.3, -0.25) is 4.79 Å². The molecule has 0 aliphatic carbocycles. The summed E-state index contributed by atoms with van der Waals surface area (Å²) in [5.41, 5.74) is 14.6. The van der Waals surface area contributed by atoms with Crippen molar-refractivity contribution in [2.45, 2.75) is 51.6 Å². The molecule has 0 saturated carbocycles. The minimum Gasteiger partial charge on any atom is -0.379 e. The van der Waals surface area contributed by atoms with E-state index in [4.69, 9.17) is 25.7 Å². The van der Waals surface area contributed by atoms with Gasteiger partial charge in [-0.25, -0.2) is 4.98 Å². The molecule has 41 heavy (non-hydrogen) atoms. The molecule has 3 heterocycles. The SMILES string of the molecule is Cc1cc(N2CCC(N(Cc3cccc(N4CCCC4)c3)C(=O)CCOCCOCCOCCN)CC2)nc(N)n1. The largest absolute Gasteiger partial charge is 0.379 e. The number of benzene rings is 1. The van der Waals surface area contributed by atoms with E-state index in [1.807, 2.05) is 13.0 Å². The van der Waals surface area contributed by atoms with Crippen LogP contribution in [-0.2, 0) is 25.5 Å². The first-order chi connectivity index (χ1) is 20.0. The Bertz CT molecular complexity index is 1050. The Kier molecular flexibility index (Phi) is 12.4. The number of hydrogen-bond donors (Lipinski definition) is 2. The third kappa shape index (κ3) is 9.81. The van der Waals surface area contributed by atoms with Gasteiger partial charge in [-0.2, -0.15) is 4.98 Å². The van der Waals surface area contributed by atoms with E-state index >= 15 is 0 Å². The maximum Gasteiger partial charge on any atom is 0.225 e. The fourth-order valence-electron chi connectivity index (χ4n) is 5.52. The molecular weight excluding hydrogens is 522 g/mol. The molecule has 2 fully saturated rings. The van der Waals surface area contributed by atoms with Crippen molar-refractivity contribution in [2.75, 3.05) is 87.9 Å². The van der Waals surface area contributed by atoms with Crippen LogP contribution in [0.25, 0.3) is 0 Å². The van der Waals surface area contributed by atoms with Crippen molar-refractivity contribution in [3.8, 4) is 0 Å². The lowest BCUT2D eigenvalue weighted by atomic mass is 10.0. The highest BCUT2D eigenvalue weighted by atomic mass is 16.5. The molecule has 4 rings (SSSR count). The van der Waals surface area contributed by atoms with Crippen molar-refractivity contribution < 1.29 is 19.0 Å². The van der Waals surface area contributed by atoms with E-state index in [-0.39, 0.29) is 11.9 Å². The number of hydrogen-bond acceptors (Lipinski definition) is 10. The Labute approximate surface area is 244 Å². The van der Waals surface area contributed by atoms with E-state index in [0.717, 1.165) is 56.1 Å². The van der Waals surface area contributed by atoms with Crippen molar-refractivity contribution in [3.63, 3.8) is 0 Å². The van der Waals surface area contributed by atoms with E-state index in [9.17, 15) is 4.79 Å². The predicted octanol–water partition coefficient (Wildman–Crippen LogP) is 2.36. The maximum atomic E-state index is 13.6. The summed E-state index contributed by atoms with van der Waals surface area (Å²) in [6.07, 6.45) is 4.53. The minimum atomic E-state index is 0.119. The first kappa shape index (κ1) is 31.0. The quantitative estimate of drug-likeness (QED) is 0.290. The van der Waals surface area contributed by atoms with Gasteiger partial charge in [0.15, 0.2) is 0 Å². The first-order valence-corrected chi connectivity index (χ1v) is 15.0. The van der Waals surface area contributed by atoms with Crippen LogP contribution in [0.2, 0.25) is 0 Å². The van der Waals surface area contributed by atoms with E-state index in [1.165, 1.54) is 18.5 Å². The number of piperidine rings is 1.